The summed E-state index contributed by atoms with van der Waals surface area (Å²) in [6.07, 6.45) is 1.86. The molecule has 4 heterocycles. The van der Waals surface area contributed by atoms with Crippen LogP contribution in [0.5, 0.6) is 0 Å². The predicted molar refractivity (Wildman–Crippen MR) is 174 cm³/mol. The molecule has 0 saturated heterocycles. The molecule has 9 rings (SSSR count). The SMILES string of the molecule is c1ccc(-n2c3ccccc3c3ccc(-n4c5ccccc5c5ccc(-c6ccc7ccccc7n6)cc54)cc32)nc1. The molecule has 0 spiro atoms. The standard InChI is InChI=1S/C38H24N4/c1-4-12-32-25(9-1)17-21-33(40-32)26-16-19-30-28-10-2-5-13-34(28)41(36(30)23-26)27-18-20-31-29-11-3-6-14-35(29)42(37(31)24-27)38-15-7-8-22-39-38/h1-24H. The second-order valence-corrected chi connectivity index (χ2v) is 10.7. The van der Waals surface area contributed by atoms with E-state index in [1.54, 1.807) is 0 Å². The maximum Gasteiger partial charge on any atom is 0.137 e. The van der Waals surface area contributed by atoms with Gasteiger partial charge in [0.05, 0.1) is 33.3 Å². The van der Waals surface area contributed by atoms with Crippen molar-refractivity contribution in [2.45, 2.75) is 0 Å². The van der Waals surface area contributed by atoms with Crippen molar-refractivity contribution in [2.24, 2.45) is 0 Å². The van der Waals surface area contributed by atoms with Gasteiger partial charge in [-0.15, -0.1) is 0 Å². The first-order valence-electron chi connectivity index (χ1n) is 14.2. The smallest absolute Gasteiger partial charge is 0.137 e. The van der Waals surface area contributed by atoms with Gasteiger partial charge in [-0.1, -0.05) is 84.9 Å². The van der Waals surface area contributed by atoms with Gasteiger partial charge in [-0.05, 0) is 54.6 Å². The van der Waals surface area contributed by atoms with Crippen LogP contribution in [-0.4, -0.2) is 19.1 Å². The van der Waals surface area contributed by atoms with E-state index in [1.165, 1.54) is 27.1 Å². The Hall–Kier alpha value is -5.74. The van der Waals surface area contributed by atoms with Crippen LogP contribution in [0.15, 0.2) is 146 Å². The van der Waals surface area contributed by atoms with Crippen molar-refractivity contribution in [1.29, 1.82) is 0 Å². The zero-order chi connectivity index (χ0) is 27.6. The van der Waals surface area contributed by atoms with Gasteiger partial charge < -0.3 is 4.57 Å². The van der Waals surface area contributed by atoms with Gasteiger partial charge in [0.25, 0.3) is 0 Å². The van der Waals surface area contributed by atoms with Crippen molar-refractivity contribution < 1.29 is 0 Å². The summed E-state index contributed by atoms with van der Waals surface area (Å²) in [6.45, 7) is 0. The van der Waals surface area contributed by atoms with Crippen LogP contribution in [0, 0.1) is 0 Å². The topological polar surface area (TPSA) is 35.6 Å². The summed E-state index contributed by atoms with van der Waals surface area (Å²) in [5.74, 6) is 0.910. The molecule has 0 bridgehead atoms. The number of hydrogen-bond donors (Lipinski definition) is 0. The summed E-state index contributed by atoms with van der Waals surface area (Å²) in [7, 11) is 0. The van der Waals surface area contributed by atoms with Gasteiger partial charge in [0.1, 0.15) is 5.82 Å². The Morgan fingerprint density at radius 2 is 1.12 bits per heavy atom. The van der Waals surface area contributed by atoms with E-state index in [2.05, 4.69) is 130 Å². The Bertz CT molecular complexity index is 2470. The molecular formula is C38H24N4. The van der Waals surface area contributed by atoms with E-state index in [-0.39, 0.29) is 0 Å². The van der Waals surface area contributed by atoms with Gasteiger partial charge in [-0.3, -0.25) is 4.57 Å². The molecule has 4 aromatic heterocycles. The zero-order valence-corrected chi connectivity index (χ0v) is 22.6. The number of rotatable bonds is 3. The van der Waals surface area contributed by atoms with Crippen molar-refractivity contribution in [3.63, 3.8) is 0 Å². The van der Waals surface area contributed by atoms with Gasteiger partial charge in [-0.25, -0.2) is 9.97 Å². The average Bonchev–Trinajstić information content (AvgIpc) is 3.57. The van der Waals surface area contributed by atoms with E-state index in [0.717, 1.165) is 50.2 Å². The Labute approximate surface area is 241 Å². The minimum absolute atomic E-state index is 0.910. The van der Waals surface area contributed by atoms with Gasteiger partial charge in [-0.2, -0.15) is 0 Å². The number of hydrogen-bond acceptors (Lipinski definition) is 2. The molecule has 0 aliphatic carbocycles. The van der Waals surface area contributed by atoms with Crippen LogP contribution in [0.25, 0.3) is 77.3 Å². The number of aromatic nitrogens is 4. The summed E-state index contributed by atoms with van der Waals surface area (Å²) in [4.78, 5) is 9.73. The van der Waals surface area contributed by atoms with Crippen molar-refractivity contribution in [2.75, 3.05) is 0 Å². The largest absolute Gasteiger partial charge is 0.309 e. The van der Waals surface area contributed by atoms with E-state index in [1.807, 2.05) is 24.4 Å². The van der Waals surface area contributed by atoms with Crippen LogP contribution in [0.1, 0.15) is 0 Å². The summed E-state index contributed by atoms with van der Waals surface area (Å²) >= 11 is 0. The molecule has 4 heteroatoms. The van der Waals surface area contributed by atoms with Gasteiger partial charge >= 0.3 is 0 Å². The van der Waals surface area contributed by atoms with Gasteiger partial charge in [0.2, 0.25) is 0 Å². The molecule has 0 amide bonds. The van der Waals surface area contributed by atoms with Crippen molar-refractivity contribution in [3.8, 4) is 22.8 Å². The Morgan fingerprint density at radius 1 is 0.452 bits per heavy atom. The normalized spacial score (nSPS) is 11.8. The Balaban J connectivity index is 1.33. The third kappa shape index (κ3) is 3.36. The maximum atomic E-state index is 5.00. The lowest BCUT2D eigenvalue weighted by Gasteiger charge is -2.11. The van der Waals surface area contributed by atoms with E-state index in [4.69, 9.17) is 9.97 Å². The summed E-state index contributed by atoms with van der Waals surface area (Å²) in [5, 5.41) is 6.03. The molecule has 196 valence electrons. The fraction of sp³-hybridized carbons (Fsp3) is 0. The van der Waals surface area contributed by atoms with Crippen LogP contribution < -0.4 is 0 Å². The molecule has 42 heavy (non-hydrogen) atoms. The van der Waals surface area contributed by atoms with Crippen molar-refractivity contribution in [3.05, 3.63) is 146 Å². The van der Waals surface area contributed by atoms with Crippen LogP contribution in [0.4, 0.5) is 0 Å². The summed E-state index contributed by atoms with van der Waals surface area (Å²) in [6, 6.07) is 49.4. The number of para-hydroxylation sites is 3. The first-order valence-corrected chi connectivity index (χ1v) is 14.2. The molecule has 0 fully saturated rings. The number of pyridine rings is 2. The first kappa shape index (κ1) is 23.0. The highest BCUT2D eigenvalue weighted by Crippen LogP contribution is 2.37. The predicted octanol–water partition coefficient (Wildman–Crippen LogP) is 9.49. The minimum atomic E-state index is 0.910. The lowest BCUT2D eigenvalue weighted by atomic mass is 10.1. The fourth-order valence-corrected chi connectivity index (χ4v) is 6.47. The Kier molecular flexibility index (Phi) is 4.87. The molecule has 0 unspecified atom stereocenters. The monoisotopic (exact) mass is 536 g/mol. The molecule has 0 atom stereocenters. The molecule has 4 nitrogen and oxygen atoms in total. The average molecular weight is 537 g/mol. The van der Waals surface area contributed by atoms with Crippen LogP contribution in [0.2, 0.25) is 0 Å². The lowest BCUT2D eigenvalue weighted by molar-refractivity contribution is 1.08. The molecule has 0 radical (unpaired) electrons. The molecule has 0 aliphatic heterocycles. The quantitative estimate of drug-likeness (QED) is 0.225. The first-order chi connectivity index (χ1) is 20.8. The van der Waals surface area contributed by atoms with E-state index < -0.39 is 0 Å². The summed E-state index contributed by atoms with van der Waals surface area (Å²) in [5.41, 5.74) is 8.79. The Morgan fingerprint density at radius 3 is 1.93 bits per heavy atom. The number of fused-ring (bicyclic) bond motifs is 7. The van der Waals surface area contributed by atoms with Gasteiger partial charge in [0, 0.05) is 44.4 Å². The molecule has 9 aromatic rings. The van der Waals surface area contributed by atoms with Crippen molar-refractivity contribution in [1.82, 2.24) is 19.1 Å². The fourth-order valence-electron chi connectivity index (χ4n) is 6.47. The van der Waals surface area contributed by atoms with E-state index >= 15 is 0 Å². The summed E-state index contributed by atoms with van der Waals surface area (Å²) < 4.78 is 4.65. The molecule has 0 saturated carbocycles. The van der Waals surface area contributed by atoms with Crippen molar-refractivity contribution >= 4 is 54.5 Å². The van der Waals surface area contributed by atoms with Crippen LogP contribution >= 0.6 is 0 Å². The van der Waals surface area contributed by atoms with Gasteiger partial charge in [0.15, 0.2) is 0 Å². The van der Waals surface area contributed by atoms with E-state index in [0.29, 0.717) is 0 Å². The maximum absolute atomic E-state index is 5.00. The number of nitrogens with zero attached hydrogens (tertiary/aromatic N) is 4. The second kappa shape index (κ2) is 8.88. The highest BCUT2D eigenvalue weighted by Gasteiger charge is 2.17. The second-order valence-electron chi connectivity index (χ2n) is 10.7. The third-order valence-electron chi connectivity index (χ3n) is 8.36. The molecule has 0 aliphatic rings. The third-order valence-corrected chi connectivity index (χ3v) is 8.36. The molecule has 5 aromatic carbocycles. The zero-order valence-electron chi connectivity index (χ0n) is 22.6. The lowest BCUT2D eigenvalue weighted by Crippen LogP contribution is -1.98. The minimum Gasteiger partial charge on any atom is -0.309 e. The number of benzene rings is 5. The van der Waals surface area contributed by atoms with Crippen LogP contribution in [-0.2, 0) is 0 Å². The van der Waals surface area contributed by atoms with Crippen LogP contribution in [0.3, 0.4) is 0 Å². The molecule has 0 N–H and O–H groups in total. The highest BCUT2D eigenvalue weighted by atomic mass is 15.1. The molecular weight excluding hydrogens is 512 g/mol. The van der Waals surface area contributed by atoms with E-state index in [9.17, 15) is 0 Å². The highest BCUT2D eigenvalue weighted by molar-refractivity contribution is 6.12.